The van der Waals surface area contributed by atoms with Gasteiger partial charge in [0.1, 0.15) is 0 Å². The Hall–Kier alpha value is -1.81. The fraction of sp³-hybridized carbons (Fsp3) is 0.353. The standard InChI is InChI=1S/C17H20F2N2/c1-2-21-15(7-6-13-8-10-20-11-9-13)12-14-4-3-5-16(18)17(14)19/h3-5,8-11,15,21H,2,6-7,12H2,1H3. The van der Waals surface area contributed by atoms with E-state index in [-0.39, 0.29) is 6.04 Å². The Morgan fingerprint density at radius 3 is 2.62 bits per heavy atom. The van der Waals surface area contributed by atoms with Crippen LogP contribution < -0.4 is 5.32 Å². The van der Waals surface area contributed by atoms with E-state index in [0.717, 1.165) is 25.5 Å². The molecule has 21 heavy (non-hydrogen) atoms. The molecule has 1 aromatic carbocycles. The Labute approximate surface area is 124 Å². The van der Waals surface area contributed by atoms with Gasteiger partial charge in [0.25, 0.3) is 0 Å². The van der Waals surface area contributed by atoms with Gasteiger partial charge in [0.05, 0.1) is 0 Å². The fourth-order valence-corrected chi connectivity index (χ4v) is 2.43. The molecule has 2 nitrogen and oxygen atoms in total. The normalized spacial score (nSPS) is 12.3. The fourth-order valence-electron chi connectivity index (χ4n) is 2.43. The zero-order chi connectivity index (χ0) is 15.1. The predicted molar refractivity (Wildman–Crippen MR) is 80.1 cm³/mol. The molecule has 0 saturated carbocycles. The smallest absolute Gasteiger partial charge is 0.162 e. The van der Waals surface area contributed by atoms with Crippen molar-refractivity contribution in [1.82, 2.24) is 10.3 Å². The highest BCUT2D eigenvalue weighted by Gasteiger charge is 2.14. The molecule has 1 N–H and O–H groups in total. The van der Waals surface area contributed by atoms with Gasteiger partial charge < -0.3 is 5.32 Å². The van der Waals surface area contributed by atoms with Crippen LogP contribution in [0.4, 0.5) is 8.78 Å². The maximum absolute atomic E-state index is 13.8. The molecule has 0 aliphatic rings. The summed E-state index contributed by atoms with van der Waals surface area (Å²) in [5, 5.41) is 3.34. The second-order valence-corrected chi connectivity index (χ2v) is 5.07. The molecule has 112 valence electrons. The first kappa shape index (κ1) is 15.6. The maximum atomic E-state index is 13.8. The van der Waals surface area contributed by atoms with Crippen LogP contribution >= 0.6 is 0 Å². The van der Waals surface area contributed by atoms with E-state index >= 15 is 0 Å². The number of pyridine rings is 1. The van der Waals surface area contributed by atoms with Crippen LogP contribution in [0.1, 0.15) is 24.5 Å². The molecule has 0 aliphatic carbocycles. The molecular formula is C17H20F2N2. The van der Waals surface area contributed by atoms with E-state index in [9.17, 15) is 8.78 Å². The van der Waals surface area contributed by atoms with E-state index in [0.29, 0.717) is 12.0 Å². The lowest BCUT2D eigenvalue weighted by molar-refractivity contribution is 0.461. The van der Waals surface area contributed by atoms with Crippen LogP contribution in [0.5, 0.6) is 0 Å². The minimum absolute atomic E-state index is 0.125. The third kappa shape index (κ3) is 4.60. The van der Waals surface area contributed by atoms with Crippen molar-refractivity contribution in [2.75, 3.05) is 6.54 Å². The van der Waals surface area contributed by atoms with Crippen molar-refractivity contribution in [2.24, 2.45) is 0 Å². The van der Waals surface area contributed by atoms with Gasteiger partial charge in [0.2, 0.25) is 0 Å². The minimum Gasteiger partial charge on any atom is -0.314 e. The summed E-state index contributed by atoms with van der Waals surface area (Å²) in [7, 11) is 0. The third-order valence-corrected chi connectivity index (χ3v) is 3.52. The quantitative estimate of drug-likeness (QED) is 0.844. The van der Waals surface area contributed by atoms with E-state index in [1.807, 2.05) is 19.1 Å². The number of benzene rings is 1. The van der Waals surface area contributed by atoms with Crippen LogP contribution in [0.15, 0.2) is 42.7 Å². The summed E-state index contributed by atoms with van der Waals surface area (Å²) in [6, 6.07) is 8.43. The summed E-state index contributed by atoms with van der Waals surface area (Å²) in [4.78, 5) is 3.99. The monoisotopic (exact) mass is 290 g/mol. The highest BCUT2D eigenvalue weighted by atomic mass is 19.2. The van der Waals surface area contributed by atoms with Gasteiger partial charge in [-0.05, 0) is 55.1 Å². The van der Waals surface area contributed by atoms with Gasteiger partial charge in [-0.25, -0.2) is 8.78 Å². The Balaban J connectivity index is 2.00. The number of nitrogens with zero attached hydrogens (tertiary/aromatic N) is 1. The number of aromatic nitrogens is 1. The van der Waals surface area contributed by atoms with Crippen molar-refractivity contribution in [1.29, 1.82) is 0 Å². The van der Waals surface area contributed by atoms with Gasteiger partial charge in [-0.15, -0.1) is 0 Å². The molecule has 0 amide bonds. The van der Waals surface area contributed by atoms with Crippen molar-refractivity contribution in [3.8, 4) is 0 Å². The Bertz CT molecular complexity index is 558. The van der Waals surface area contributed by atoms with E-state index in [1.54, 1.807) is 24.5 Å². The molecule has 0 aliphatic heterocycles. The van der Waals surface area contributed by atoms with E-state index in [1.165, 1.54) is 5.56 Å². The molecular weight excluding hydrogens is 270 g/mol. The first-order valence-corrected chi connectivity index (χ1v) is 7.26. The molecule has 0 saturated heterocycles. The van der Waals surface area contributed by atoms with Crippen LogP contribution in [0.2, 0.25) is 0 Å². The van der Waals surface area contributed by atoms with E-state index in [4.69, 9.17) is 0 Å². The number of hydrogen-bond acceptors (Lipinski definition) is 2. The van der Waals surface area contributed by atoms with Crippen LogP contribution in [0.25, 0.3) is 0 Å². The summed E-state index contributed by atoms with van der Waals surface area (Å²) in [5.74, 6) is -1.51. The molecule has 1 aromatic heterocycles. The van der Waals surface area contributed by atoms with Gasteiger partial charge in [0, 0.05) is 18.4 Å². The van der Waals surface area contributed by atoms with Crippen molar-refractivity contribution in [3.63, 3.8) is 0 Å². The summed E-state index contributed by atoms with van der Waals surface area (Å²) in [6.07, 6.45) is 5.78. The van der Waals surface area contributed by atoms with Crippen LogP contribution in [0.3, 0.4) is 0 Å². The second kappa shape index (κ2) is 7.84. The molecule has 2 rings (SSSR count). The number of aryl methyl sites for hydroxylation is 1. The first-order chi connectivity index (χ1) is 10.2. The van der Waals surface area contributed by atoms with Gasteiger partial charge in [-0.1, -0.05) is 19.1 Å². The Kier molecular flexibility index (Phi) is 5.81. The predicted octanol–water partition coefficient (Wildman–Crippen LogP) is 3.51. The molecule has 1 heterocycles. The Morgan fingerprint density at radius 1 is 1.14 bits per heavy atom. The van der Waals surface area contributed by atoms with Gasteiger partial charge >= 0.3 is 0 Å². The maximum Gasteiger partial charge on any atom is 0.162 e. The minimum atomic E-state index is -0.781. The third-order valence-electron chi connectivity index (χ3n) is 3.52. The van der Waals surface area contributed by atoms with Crippen molar-refractivity contribution in [2.45, 2.75) is 32.2 Å². The molecule has 0 radical (unpaired) electrons. The average molecular weight is 290 g/mol. The van der Waals surface area contributed by atoms with Crippen LogP contribution in [-0.2, 0) is 12.8 Å². The average Bonchev–Trinajstić information content (AvgIpc) is 2.50. The number of hydrogen-bond donors (Lipinski definition) is 1. The summed E-state index contributed by atoms with van der Waals surface area (Å²) in [6.45, 7) is 2.82. The molecule has 2 aromatic rings. The zero-order valence-electron chi connectivity index (χ0n) is 12.2. The molecule has 0 spiro atoms. The summed E-state index contributed by atoms with van der Waals surface area (Å²) < 4.78 is 27.0. The van der Waals surface area contributed by atoms with Crippen molar-refractivity contribution < 1.29 is 8.78 Å². The molecule has 0 fully saturated rings. The summed E-state index contributed by atoms with van der Waals surface area (Å²) in [5.41, 5.74) is 1.63. The van der Waals surface area contributed by atoms with E-state index < -0.39 is 11.6 Å². The number of nitrogens with one attached hydrogen (secondary N) is 1. The lowest BCUT2D eigenvalue weighted by Crippen LogP contribution is -2.31. The second-order valence-electron chi connectivity index (χ2n) is 5.07. The van der Waals surface area contributed by atoms with Gasteiger partial charge in [-0.2, -0.15) is 0 Å². The molecule has 1 unspecified atom stereocenters. The number of rotatable bonds is 7. The van der Waals surface area contributed by atoms with E-state index in [2.05, 4.69) is 10.3 Å². The highest BCUT2D eigenvalue weighted by molar-refractivity contribution is 5.20. The van der Waals surface area contributed by atoms with Gasteiger partial charge in [-0.3, -0.25) is 4.98 Å². The largest absolute Gasteiger partial charge is 0.314 e. The molecule has 4 heteroatoms. The number of halogens is 2. The molecule has 0 bridgehead atoms. The topological polar surface area (TPSA) is 24.9 Å². The zero-order valence-corrected chi connectivity index (χ0v) is 12.2. The Morgan fingerprint density at radius 2 is 1.90 bits per heavy atom. The highest BCUT2D eigenvalue weighted by Crippen LogP contribution is 2.15. The lowest BCUT2D eigenvalue weighted by atomic mass is 9.99. The summed E-state index contributed by atoms with van der Waals surface area (Å²) >= 11 is 0. The van der Waals surface area contributed by atoms with Crippen LogP contribution in [-0.4, -0.2) is 17.6 Å². The van der Waals surface area contributed by atoms with Crippen LogP contribution in [0, 0.1) is 11.6 Å². The SMILES string of the molecule is CCNC(CCc1ccncc1)Cc1cccc(F)c1F. The van der Waals surface area contributed by atoms with Crippen molar-refractivity contribution >= 4 is 0 Å². The first-order valence-electron chi connectivity index (χ1n) is 7.26. The van der Waals surface area contributed by atoms with Crippen molar-refractivity contribution in [3.05, 3.63) is 65.5 Å². The number of likely N-dealkylation sites (N-methyl/N-ethyl adjacent to an activating group) is 1. The molecule has 1 atom stereocenters. The lowest BCUT2D eigenvalue weighted by Gasteiger charge is -2.18. The van der Waals surface area contributed by atoms with Gasteiger partial charge in [0.15, 0.2) is 11.6 Å².